The fraction of sp³-hybridized carbons (Fsp3) is 0.800. The van der Waals surface area contributed by atoms with Gasteiger partial charge in [0.15, 0.2) is 0 Å². The number of alkyl halides is 1. The molecule has 5 unspecified atom stereocenters. The van der Waals surface area contributed by atoms with Gasteiger partial charge in [-0.15, -0.1) is 0 Å². The molecule has 28 heavy (non-hydrogen) atoms. The van der Waals surface area contributed by atoms with E-state index in [0.717, 1.165) is 24.6 Å². The highest BCUT2D eigenvalue weighted by molar-refractivity contribution is 5.41. The third-order valence-corrected chi connectivity index (χ3v) is 5.94. The molecule has 0 radical (unpaired) electrons. The van der Waals surface area contributed by atoms with Gasteiger partial charge in [-0.2, -0.15) is 0 Å². The van der Waals surface area contributed by atoms with Crippen LogP contribution in [0, 0.1) is 5.92 Å². The summed E-state index contributed by atoms with van der Waals surface area (Å²) >= 11 is 0. The first-order valence-corrected chi connectivity index (χ1v) is 10.4. The average Bonchev–Trinajstić information content (AvgIpc) is 3.03. The van der Waals surface area contributed by atoms with E-state index < -0.39 is 6.17 Å². The lowest BCUT2D eigenvalue weighted by Crippen LogP contribution is -2.46. The SMILES string of the molecule is CC(C)OC1CC2C(CC1F)NNC2c1cc(N2C[C@@H](C)O[C@@H](C)C2)ncn1. The van der Waals surface area contributed by atoms with Gasteiger partial charge in [0.05, 0.1) is 36.2 Å². The molecule has 8 heteroatoms. The van der Waals surface area contributed by atoms with Crippen LogP contribution in [0.1, 0.15) is 52.3 Å². The quantitative estimate of drug-likeness (QED) is 0.812. The first-order chi connectivity index (χ1) is 13.4. The number of fused-ring (bicyclic) bond motifs is 1. The van der Waals surface area contributed by atoms with Crippen LogP contribution >= 0.6 is 0 Å². The molecule has 0 aromatic carbocycles. The molecule has 7 atom stereocenters. The Kier molecular flexibility index (Phi) is 5.83. The Balaban J connectivity index is 1.51. The van der Waals surface area contributed by atoms with Gasteiger partial charge < -0.3 is 14.4 Å². The summed E-state index contributed by atoms with van der Waals surface area (Å²) in [4.78, 5) is 11.3. The van der Waals surface area contributed by atoms with E-state index in [2.05, 4.69) is 45.6 Å². The Bertz CT molecular complexity index is 668. The maximum Gasteiger partial charge on any atom is 0.132 e. The molecule has 4 rings (SSSR count). The molecule has 1 aromatic rings. The van der Waals surface area contributed by atoms with Crippen molar-refractivity contribution in [1.29, 1.82) is 0 Å². The number of nitrogens with one attached hydrogen (secondary N) is 2. The lowest BCUT2D eigenvalue weighted by Gasteiger charge is -2.37. The number of aromatic nitrogens is 2. The molecule has 2 aliphatic heterocycles. The predicted octanol–water partition coefficient (Wildman–Crippen LogP) is 2.15. The van der Waals surface area contributed by atoms with Gasteiger partial charge in [0, 0.05) is 31.1 Å². The summed E-state index contributed by atoms with van der Waals surface area (Å²) in [6, 6.07) is 2.18. The van der Waals surface area contributed by atoms with Gasteiger partial charge >= 0.3 is 0 Å². The van der Waals surface area contributed by atoms with Crippen molar-refractivity contribution in [3.8, 4) is 0 Å². The van der Waals surface area contributed by atoms with Crippen molar-refractivity contribution in [1.82, 2.24) is 20.8 Å². The van der Waals surface area contributed by atoms with Crippen LogP contribution in [0.25, 0.3) is 0 Å². The van der Waals surface area contributed by atoms with E-state index >= 15 is 0 Å². The second-order valence-corrected chi connectivity index (χ2v) is 8.71. The number of morpholine rings is 1. The minimum Gasteiger partial charge on any atom is -0.373 e. The second-order valence-electron chi connectivity index (χ2n) is 8.71. The van der Waals surface area contributed by atoms with Crippen LogP contribution in [0.2, 0.25) is 0 Å². The molecule has 156 valence electrons. The number of rotatable bonds is 4. The number of nitrogens with zero attached hydrogens (tertiary/aromatic N) is 3. The van der Waals surface area contributed by atoms with Crippen molar-refractivity contribution in [3.05, 3.63) is 18.1 Å². The van der Waals surface area contributed by atoms with E-state index in [-0.39, 0.29) is 42.4 Å². The summed E-state index contributed by atoms with van der Waals surface area (Å²) in [7, 11) is 0. The van der Waals surface area contributed by atoms with E-state index in [1.165, 1.54) is 0 Å². The number of hydrazine groups is 1. The molecule has 7 nitrogen and oxygen atoms in total. The van der Waals surface area contributed by atoms with Crippen molar-refractivity contribution < 1.29 is 13.9 Å². The predicted molar refractivity (Wildman–Crippen MR) is 105 cm³/mol. The van der Waals surface area contributed by atoms with Gasteiger partial charge in [-0.25, -0.2) is 19.8 Å². The number of ether oxygens (including phenoxy) is 2. The van der Waals surface area contributed by atoms with Crippen LogP contribution in [0.3, 0.4) is 0 Å². The van der Waals surface area contributed by atoms with E-state index in [4.69, 9.17) is 9.47 Å². The third-order valence-electron chi connectivity index (χ3n) is 5.94. The van der Waals surface area contributed by atoms with E-state index in [1.807, 2.05) is 13.8 Å². The van der Waals surface area contributed by atoms with Gasteiger partial charge in [0.2, 0.25) is 0 Å². The molecule has 0 amide bonds. The topological polar surface area (TPSA) is 71.5 Å². The van der Waals surface area contributed by atoms with E-state index in [0.29, 0.717) is 12.8 Å². The van der Waals surface area contributed by atoms with Gasteiger partial charge in [-0.3, -0.25) is 5.43 Å². The minimum atomic E-state index is -0.936. The molecule has 2 N–H and O–H groups in total. The zero-order valence-corrected chi connectivity index (χ0v) is 17.1. The summed E-state index contributed by atoms with van der Waals surface area (Å²) < 4.78 is 26.2. The molecule has 3 fully saturated rings. The number of anilines is 1. The molecule has 1 saturated carbocycles. The molecule has 1 aliphatic carbocycles. The first kappa shape index (κ1) is 19.9. The number of hydrogen-bond donors (Lipinski definition) is 2. The van der Waals surface area contributed by atoms with Crippen molar-refractivity contribution in [3.63, 3.8) is 0 Å². The Labute approximate surface area is 166 Å². The zero-order chi connectivity index (χ0) is 19.8. The van der Waals surface area contributed by atoms with Crippen LogP contribution in [0.15, 0.2) is 12.4 Å². The van der Waals surface area contributed by atoms with Crippen molar-refractivity contribution in [2.24, 2.45) is 5.92 Å². The number of hydrogen-bond acceptors (Lipinski definition) is 7. The molecule has 0 spiro atoms. The van der Waals surface area contributed by atoms with Crippen molar-refractivity contribution in [2.75, 3.05) is 18.0 Å². The standard InChI is InChI=1S/C20H32FN5O2/c1-11(2)27-18-5-14-16(6-15(18)21)24-25-20(14)17-7-19(23-10-22-17)26-8-12(3)28-13(4)9-26/h7,10-16,18,20,24-25H,5-6,8-9H2,1-4H3/t12-,13+,14?,15?,16?,18?,20?. The van der Waals surface area contributed by atoms with Crippen LogP contribution in [-0.2, 0) is 9.47 Å². The molecule has 0 bridgehead atoms. The minimum absolute atomic E-state index is 0.0217. The van der Waals surface area contributed by atoms with Crippen LogP contribution in [0.4, 0.5) is 10.2 Å². The van der Waals surface area contributed by atoms with Gasteiger partial charge in [-0.05, 0) is 40.5 Å². The fourth-order valence-electron chi connectivity index (χ4n) is 4.84. The lowest BCUT2D eigenvalue weighted by molar-refractivity contribution is -0.0708. The molecule has 3 aliphatic rings. The average molecular weight is 394 g/mol. The molecule has 3 heterocycles. The number of halogens is 1. The lowest BCUT2D eigenvalue weighted by atomic mass is 9.78. The van der Waals surface area contributed by atoms with Gasteiger partial charge in [0.1, 0.15) is 18.3 Å². The largest absolute Gasteiger partial charge is 0.373 e. The summed E-state index contributed by atoms with van der Waals surface area (Å²) in [5, 5.41) is 0. The highest BCUT2D eigenvalue weighted by atomic mass is 19.1. The monoisotopic (exact) mass is 393 g/mol. The van der Waals surface area contributed by atoms with Crippen LogP contribution in [-0.4, -0.2) is 59.7 Å². The van der Waals surface area contributed by atoms with Crippen molar-refractivity contribution >= 4 is 5.82 Å². The van der Waals surface area contributed by atoms with Gasteiger partial charge in [-0.1, -0.05) is 0 Å². The van der Waals surface area contributed by atoms with Crippen molar-refractivity contribution in [2.45, 2.75) is 83.2 Å². The molecular formula is C20H32FN5O2. The smallest absolute Gasteiger partial charge is 0.132 e. The fourth-order valence-corrected chi connectivity index (χ4v) is 4.84. The molecular weight excluding hydrogens is 361 g/mol. The van der Waals surface area contributed by atoms with E-state index in [9.17, 15) is 4.39 Å². The van der Waals surface area contributed by atoms with Crippen LogP contribution in [0.5, 0.6) is 0 Å². The Morgan fingerprint density at radius 1 is 1.18 bits per heavy atom. The zero-order valence-electron chi connectivity index (χ0n) is 17.1. The maximum absolute atomic E-state index is 14.5. The normalized spacial score (nSPS) is 38.6. The second kappa shape index (κ2) is 8.18. The Morgan fingerprint density at radius 2 is 1.93 bits per heavy atom. The summed E-state index contributed by atoms with van der Waals surface area (Å²) in [5.41, 5.74) is 7.58. The highest BCUT2D eigenvalue weighted by Crippen LogP contribution is 2.40. The van der Waals surface area contributed by atoms with Gasteiger partial charge in [0.25, 0.3) is 0 Å². The molecule has 2 saturated heterocycles. The summed E-state index contributed by atoms with van der Waals surface area (Å²) in [6.07, 6.45) is 1.85. The Morgan fingerprint density at radius 3 is 2.64 bits per heavy atom. The Hall–Kier alpha value is -1.35. The summed E-state index contributed by atoms with van der Waals surface area (Å²) in [5.74, 6) is 1.16. The maximum atomic E-state index is 14.5. The first-order valence-electron chi connectivity index (χ1n) is 10.4. The molecule has 1 aromatic heterocycles. The third kappa shape index (κ3) is 4.15. The van der Waals surface area contributed by atoms with Crippen LogP contribution < -0.4 is 15.8 Å². The van der Waals surface area contributed by atoms with E-state index in [1.54, 1.807) is 6.33 Å². The highest BCUT2D eigenvalue weighted by Gasteiger charge is 2.46. The summed E-state index contributed by atoms with van der Waals surface area (Å²) in [6.45, 7) is 9.73.